The maximum absolute atomic E-state index is 6.03. The predicted octanol–water partition coefficient (Wildman–Crippen LogP) is 6.31. The van der Waals surface area contributed by atoms with Gasteiger partial charge in [-0.2, -0.15) is 0 Å². The topological polar surface area (TPSA) is 27.1 Å². The number of para-hydroxylation sites is 2. The molecule has 0 aliphatic carbocycles. The van der Waals surface area contributed by atoms with Gasteiger partial charge in [0, 0.05) is 18.0 Å². The fourth-order valence-electron chi connectivity index (χ4n) is 3.53. The maximum atomic E-state index is 6.03. The summed E-state index contributed by atoms with van der Waals surface area (Å²) in [6.07, 6.45) is 2.75. The van der Waals surface area contributed by atoms with Crippen LogP contribution < -0.4 is 4.74 Å². The van der Waals surface area contributed by atoms with Crippen LogP contribution in [0.3, 0.4) is 0 Å². The van der Waals surface area contributed by atoms with Gasteiger partial charge in [0.25, 0.3) is 0 Å². The van der Waals surface area contributed by atoms with E-state index < -0.39 is 0 Å². The van der Waals surface area contributed by atoms with Crippen molar-refractivity contribution < 1.29 is 4.74 Å². The Morgan fingerprint density at radius 3 is 2.38 bits per heavy atom. The Morgan fingerprint density at radius 1 is 0.897 bits per heavy atom. The molecule has 0 saturated heterocycles. The second-order valence-corrected chi connectivity index (χ2v) is 7.61. The minimum atomic E-state index is 0.679. The average Bonchev–Trinajstić information content (AvgIpc) is 3.10. The van der Waals surface area contributed by atoms with E-state index >= 15 is 0 Å². The molecule has 29 heavy (non-hydrogen) atoms. The minimum absolute atomic E-state index is 0.679. The number of nitrogens with zero attached hydrogens (tertiary/aromatic N) is 2. The van der Waals surface area contributed by atoms with E-state index in [2.05, 4.69) is 66.1 Å². The van der Waals surface area contributed by atoms with Gasteiger partial charge in [0.2, 0.25) is 0 Å². The molecule has 0 aliphatic rings. The van der Waals surface area contributed by atoms with Crippen molar-refractivity contribution in [2.75, 3.05) is 6.61 Å². The minimum Gasteiger partial charge on any atom is -0.494 e. The van der Waals surface area contributed by atoms with Crippen LogP contribution in [0.2, 0.25) is 5.02 Å². The third-order valence-electron chi connectivity index (χ3n) is 5.14. The van der Waals surface area contributed by atoms with Crippen molar-refractivity contribution in [3.63, 3.8) is 0 Å². The van der Waals surface area contributed by atoms with Crippen LogP contribution in [0.15, 0.2) is 72.8 Å². The zero-order valence-corrected chi connectivity index (χ0v) is 17.4. The maximum Gasteiger partial charge on any atom is 0.119 e. The number of hydrogen-bond donors (Lipinski definition) is 0. The molecular weight excluding hydrogens is 380 g/mol. The Labute approximate surface area is 176 Å². The highest BCUT2D eigenvalue weighted by molar-refractivity contribution is 6.30. The van der Waals surface area contributed by atoms with Gasteiger partial charge in [-0.3, -0.25) is 0 Å². The molecular formula is C25H25ClN2O. The van der Waals surface area contributed by atoms with Gasteiger partial charge >= 0.3 is 0 Å². The first-order chi connectivity index (χ1) is 14.2. The van der Waals surface area contributed by atoms with Crippen LogP contribution in [0.5, 0.6) is 5.75 Å². The predicted molar refractivity (Wildman–Crippen MR) is 120 cm³/mol. The Balaban J connectivity index is 1.45. The van der Waals surface area contributed by atoms with Gasteiger partial charge in [-0.15, -0.1) is 0 Å². The van der Waals surface area contributed by atoms with Crippen LogP contribution in [0, 0.1) is 0 Å². The molecule has 1 heterocycles. The smallest absolute Gasteiger partial charge is 0.119 e. The molecule has 3 nitrogen and oxygen atoms in total. The summed E-state index contributed by atoms with van der Waals surface area (Å²) in [5.74, 6) is 2.00. The van der Waals surface area contributed by atoms with Crippen molar-refractivity contribution in [1.29, 1.82) is 0 Å². The highest BCUT2D eigenvalue weighted by Gasteiger charge is 2.11. The number of benzene rings is 3. The Kier molecular flexibility index (Phi) is 6.16. The van der Waals surface area contributed by atoms with Gasteiger partial charge in [0.1, 0.15) is 11.6 Å². The standard InChI is InChI=1S/C25H25ClN2O/c1-2-19-10-14-22(15-11-19)29-17-5-16-28-24-7-4-3-6-23(24)27-25(28)18-20-8-12-21(26)13-9-20/h3-4,6-15H,2,5,16-18H2,1H3. The summed E-state index contributed by atoms with van der Waals surface area (Å²) in [5.41, 5.74) is 4.74. The highest BCUT2D eigenvalue weighted by atomic mass is 35.5. The van der Waals surface area contributed by atoms with Gasteiger partial charge in [0.15, 0.2) is 0 Å². The molecule has 1 aromatic heterocycles. The molecule has 0 bridgehead atoms. The van der Waals surface area contributed by atoms with Gasteiger partial charge < -0.3 is 9.30 Å². The van der Waals surface area contributed by atoms with E-state index in [1.54, 1.807) is 0 Å². The van der Waals surface area contributed by atoms with Crippen molar-refractivity contribution in [3.05, 3.63) is 94.8 Å². The van der Waals surface area contributed by atoms with Crippen LogP contribution in [-0.4, -0.2) is 16.2 Å². The van der Waals surface area contributed by atoms with Crippen LogP contribution in [0.4, 0.5) is 0 Å². The Morgan fingerprint density at radius 2 is 1.62 bits per heavy atom. The van der Waals surface area contributed by atoms with E-state index in [-0.39, 0.29) is 0 Å². The summed E-state index contributed by atoms with van der Waals surface area (Å²) >= 11 is 6.03. The van der Waals surface area contributed by atoms with E-state index in [4.69, 9.17) is 21.3 Å². The first-order valence-corrected chi connectivity index (χ1v) is 10.5. The van der Waals surface area contributed by atoms with Crippen molar-refractivity contribution in [2.24, 2.45) is 0 Å². The molecule has 4 rings (SSSR count). The monoisotopic (exact) mass is 404 g/mol. The van der Waals surface area contributed by atoms with E-state index in [9.17, 15) is 0 Å². The fourth-order valence-corrected chi connectivity index (χ4v) is 3.65. The number of aromatic nitrogens is 2. The molecule has 3 aromatic carbocycles. The molecule has 4 heteroatoms. The molecule has 0 aliphatic heterocycles. The largest absolute Gasteiger partial charge is 0.494 e. The molecule has 0 fully saturated rings. The summed E-state index contributed by atoms with van der Waals surface area (Å²) < 4.78 is 8.25. The number of aryl methyl sites for hydroxylation is 2. The fraction of sp³-hybridized carbons (Fsp3) is 0.240. The van der Waals surface area contributed by atoms with E-state index in [1.807, 2.05) is 18.2 Å². The summed E-state index contributed by atoms with van der Waals surface area (Å²) in [6.45, 7) is 3.71. The van der Waals surface area contributed by atoms with Gasteiger partial charge in [-0.05, 0) is 60.4 Å². The summed E-state index contributed by atoms with van der Waals surface area (Å²) in [6, 6.07) is 24.7. The first kappa shape index (κ1) is 19.5. The van der Waals surface area contributed by atoms with E-state index in [0.717, 1.165) is 47.9 Å². The van der Waals surface area contributed by atoms with Crippen molar-refractivity contribution >= 4 is 22.6 Å². The highest BCUT2D eigenvalue weighted by Crippen LogP contribution is 2.20. The van der Waals surface area contributed by atoms with Gasteiger partial charge in [0.05, 0.1) is 17.6 Å². The number of hydrogen-bond acceptors (Lipinski definition) is 2. The molecule has 0 N–H and O–H groups in total. The molecule has 148 valence electrons. The molecule has 0 atom stereocenters. The van der Waals surface area contributed by atoms with Crippen molar-refractivity contribution in [3.8, 4) is 5.75 Å². The van der Waals surface area contributed by atoms with Crippen molar-refractivity contribution in [2.45, 2.75) is 32.7 Å². The lowest BCUT2D eigenvalue weighted by Gasteiger charge is -2.11. The molecule has 0 amide bonds. The summed E-state index contributed by atoms with van der Waals surface area (Å²) in [4.78, 5) is 4.88. The number of ether oxygens (including phenoxy) is 1. The third-order valence-corrected chi connectivity index (χ3v) is 5.39. The Hall–Kier alpha value is -2.78. The SMILES string of the molecule is CCc1ccc(OCCCn2c(Cc3ccc(Cl)cc3)nc3ccccc32)cc1. The summed E-state index contributed by atoms with van der Waals surface area (Å²) in [7, 11) is 0. The number of halogens is 1. The lowest BCUT2D eigenvalue weighted by molar-refractivity contribution is 0.302. The van der Waals surface area contributed by atoms with Crippen LogP contribution >= 0.6 is 11.6 Å². The molecule has 0 radical (unpaired) electrons. The third kappa shape index (κ3) is 4.80. The van der Waals surface area contributed by atoms with Gasteiger partial charge in [-0.25, -0.2) is 4.98 Å². The molecule has 0 spiro atoms. The second kappa shape index (κ2) is 9.15. The lowest BCUT2D eigenvalue weighted by Crippen LogP contribution is -2.08. The zero-order chi connectivity index (χ0) is 20.1. The Bertz CT molecular complexity index is 1070. The zero-order valence-electron chi connectivity index (χ0n) is 16.6. The normalized spacial score (nSPS) is 11.1. The van der Waals surface area contributed by atoms with Crippen LogP contribution in [-0.2, 0) is 19.4 Å². The molecule has 0 unspecified atom stereocenters. The molecule has 4 aromatic rings. The van der Waals surface area contributed by atoms with E-state index in [0.29, 0.717) is 6.61 Å². The number of rotatable bonds is 8. The van der Waals surface area contributed by atoms with Crippen LogP contribution in [0.25, 0.3) is 11.0 Å². The number of fused-ring (bicyclic) bond motifs is 1. The van der Waals surface area contributed by atoms with Crippen LogP contribution in [0.1, 0.15) is 30.3 Å². The molecule has 0 saturated carbocycles. The van der Waals surface area contributed by atoms with E-state index in [1.165, 1.54) is 16.6 Å². The second-order valence-electron chi connectivity index (χ2n) is 7.17. The summed E-state index contributed by atoms with van der Waals surface area (Å²) in [5, 5.41) is 0.756. The number of imidazole rings is 1. The first-order valence-electron chi connectivity index (χ1n) is 10.1. The van der Waals surface area contributed by atoms with Gasteiger partial charge in [-0.1, -0.05) is 54.9 Å². The van der Waals surface area contributed by atoms with Crippen molar-refractivity contribution in [1.82, 2.24) is 9.55 Å². The average molecular weight is 405 g/mol. The quantitative estimate of drug-likeness (QED) is 0.321. The lowest BCUT2D eigenvalue weighted by atomic mass is 10.1.